The van der Waals surface area contributed by atoms with Gasteiger partial charge in [-0.25, -0.2) is 18.4 Å². The maximum absolute atomic E-state index is 13.5. The highest BCUT2D eigenvalue weighted by molar-refractivity contribution is 7.89. The molecule has 4 rings (SSSR count). The fourth-order valence-electron chi connectivity index (χ4n) is 4.09. The van der Waals surface area contributed by atoms with Crippen molar-refractivity contribution < 1.29 is 22.7 Å². The molecule has 2 aromatic carbocycles. The predicted molar refractivity (Wildman–Crippen MR) is 144 cm³/mol. The number of amides is 2. The zero-order valence-electron chi connectivity index (χ0n) is 21.3. The van der Waals surface area contributed by atoms with Crippen LogP contribution in [0.2, 0.25) is 0 Å². The first-order valence-corrected chi connectivity index (χ1v) is 13.6. The van der Waals surface area contributed by atoms with E-state index in [0.29, 0.717) is 41.2 Å². The predicted octanol–water partition coefficient (Wildman–Crippen LogP) is 1.65. The van der Waals surface area contributed by atoms with Gasteiger partial charge in [0, 0.05) is 47.9 Å². The quantitative estimate of drug-likeness (QED) is 0.176. The van der Waals surface area contributed by atoms with Crippen molar-refractivity contribution in [3.05, 3.63) is 72.3 Å². The van der Waals surface area contributed by atoms with Crippen LogP contribution < -0.4 is 16.4 Å². The van der Waals surface area contributed by atoms with Crippen molar-refractivity contribution >= 4 is 33.4 Å². The average Bonchev–Trinajstić information content (AvgIpc) is 2.93. The molecule has 13 heteroatoms. The summed E-state index contributed by atoms with van der Waals surface area (Å²) in [6, 6.07) is 10.7. The number of nitrogens with zero attached hydrogens (tertiary/aromatic N) is 3. The minimum Gasteiger partial charge on any atom is -0.384 e. The molecule has 3 aromatic rings. The average molecular weight is 552 g/mol. The van der Waals surface area contributed by atoms with Gasteiger partial charge in [0.25, 0.3) is 0 Å². The van der Waals surface area contributed by atoms with E-state index in [1.54, 1.807) is 43.3 Å². The number of nitrogens with two attached hydrogens (primary N) is 1. The first kappa shape index (κ1) is 27.8. The molecule has 0 bridgehead atoms. The lowest BCUT2D eigenvalue weighted by atomic mass is 10.0. The van der Waals surface area contributed by atoms with E-state index in [2.05, 4.69) is 20.6 Å². The van der Waals surface area contributed by atoms with Gasteiger partial charge in [-0.1, -0.05) is 6.07 Å². The SMILES string of the molecule is CC(NC(=O)CC(=O)Nc1ccc(C(=N)N)cc1)c1ccc(S(=O)(=O)N2CCOCC2)c(-c2cncnc2)c1. The van der Waals surface area contributed by atoms with Gasteiger partial charge in [-0.15, -0.1) is 0 Å². The maximum Gasteiger partial charge on any atom is 0.243 e. The molecular weight excluding hydrogens is 522 g/mol. The van der Waals surface area contributed by atoms with Crippen molar-refractivity contribution in [2.24, 2.45) is 5.73 Å². The van der Waals surface area contributed by atoms with Crippen molar-refractivity contribution in [2.45, 2.75) is 24.3 Å². The number of carbonyl (C=O) groups excluding carboxylic acids is 2. The summed E-state index contributed by atoms with van der Waals surface area (Å²) in [7, 11) is -3.82. The Balaban J connectivity index is 1.49. The lowest BCUT2D eigenvalue weighted by molar-refractivity contribution is -0.127. The third-order valence-electron chi connectivity index (χ3n) is 6.14. The molecule has 1 unspecified atom stereocenters. The number of morpholine rings is 1. The number of aromatic nitrogens is 2. The van der Waals surface area contributed by atoms with Gasteiger partial charge in [0.1, 0.15) is 18.6 Å². The standard InChI is InChI=1S/C26H29N7O5S/c1-17(31-24(34)13-25(35)32-21-5-2-18(3-6-21)26(27)28)19-4-7-23(22(12-19)20-14-29-16-30-15-20)39(36,37)33-8-10-38-11-9-33/h2-7,12,14-17H,8-11,13H2,1H3,(H3,27,28)(H,31,34)(H,32,35). The van der Waals surface area contributed by atoms with Crippen LogP contribution in [0.5, 0.6) is 0 Å². The summed E-state index contributed by atoms with van der Waals surface area (Å²) in [6.07, 6.45) is 4.00. The van der Waals surface area contributed by atoms with Gasteiger partial charge in [0.05, 0.1) is 24.2 Å². The summed E-state index contributed by atoms with van der Waals surface area (Å²) >= 11 is 0. The second kappa shape index (κ2) is 12.1. The maximum atomic E-state index is 13.5. The fraction of sp³-hybridized carbons (Fsp3) is 0.269. The molecule has 12 nitrogen and oxygen atoms in total. The molecule has 0 aliphatic carbocycles. The summed E-state index contributed by atoms with van der Waals surface area (Å²) in [4.78, 5) is 33.1. The number of sulfonamides is 1. The zero-order chi connectivity index (χ0) is 28.0. The first-order valence-electron chi connectivity index (χ1n) is 12.2. The number of rotatable bonds is 9. The second-order valence-electron chi connectivity index (χ2n) is 8.90. The summed E-state index contributed by atoms with van der Waals surface area (Å²) in [5.41, 5.74) is 7.99. The van der Waals surface area contributed by atoms with Crippen molar-refractivity contribution in [1.82, 2.24) is 19.6 Å². The number of nitrogens with one attached hydrogen (secondary N) is 3. The summed E-state index contributed by atoms with van der Waals surface area (Å²) in [6.45, 7) is 2.89. The molecule has 1 saturated heterocycles. The Hall–Kier alpha value is -4.20. The Kier molecular flexibility index (Phi) is 8.64. The third kappa shape index (κ3) is 6.82. The number of benzene rings is 2. The number of anilines is 1. The van der Waals surface area contributed by atoms with Crippen molar-refractivity contribution in [2.75, 3.05) is 31.6 Å². The van der Waals surface area contributed by atoms with E-state index in [-0.39, 0.29) is 23.8 Å². The van der Waals surface area contributed by atoms with E-state index in [4.69, 9.17) is 15.9 Å². The fourth-order valence-corrected chi connectivity index (χ4v) is 5.69. The van der Waals surface area contributed by atoms with E-state index in [1.165, 1.54) is 29.1 Å². The molecule has 1 aromatic heterocycles. The van der Waals surface area contributed by atoms with Crippen LogP contribution in [0, 0.1) is 5.41 Å². The normalized spacial score (nSPS) is 14.8. The van der Waals surface area contributed by atoms with Crippen molar-refractivity contribution in [3.63, 3.8) is 0 Å². The Morgan fingerprint density at radius 1 is 1.08 bits per heavy atom. The van der Waals surface area contributed by atoms with Crippen LogP contribution in [-0.2, 0) is 24.3 Å². The largest absolute Gasteiger partial charge is 0.384 e. The van der Waals surface area contributed by atoms with Gasteiger partial charge in [-0.2, -0.15) is 4.31 Å². The van der Waals surface area contributed by atoms with Gasteiger partial charge >= 0.3 is 0 Å². The van der Waals surface area contributed by atoms with Crippen molar-refractivity contribution in [1.29, 1.82) is 5.41 Å². The van der Waals surface area contributed by atoms with E-state index in [9.17, 15) is 18.0 Å². The molecule has 204 valence electrons. The van der Waals surface area contributed by atoms with Gasteiger partial charge in [0.2, 0.25) is 21.8 Å². The molecule has 0 radical (unpaired) electrons. The van der Waals surface area contributed by atoms with Gasteiger partial charge in [0.15, 0.2) is 0 Å². The Morgan fingerprint density at radius 2 is 1.74 bits per heavy atom. The van der Waals surface area contributed by atoms with Crippen LogP contribution in [0.15, 0.2) is 66.1 Å². The van der Waals surface area contributed by atoms with Crippen LogP contribution in [0.25, 0.3) is 11.1 Å². The minimum atomic E-state index is -3.82. The molecular formula is C26H29N7O5S. The second-order valence-corrected chi connectivity index (χ2v) is 10.8. The number of nitrogen functional groups attached to an aromatic ring is 1. The molecule has 0 saturated carbocycles. The molecule has 1 fully saturated rings. The van der Waals surface area contributed by atoms with E-state index >= 15 is 0 Å². The van der Waals surface area contributed by atoms with Crippen LogP contribution >= 0.6 is 0 Å². The van der Waals surface area contributed by atoms with Gasteiger partial charge in [-0.05, 0) is 48.9 Å². The van der Waals surface area contributed by atoms with Gasteiger partial charge in [-0.3, -0.25) is 15.0 Å². The summed E-state index contributed by atoms with van der Waals surface area (Å²) in [5, 5.41) is 12.8. The third-order valence-corrected chi connectivity index (χ3v) is 8.10. The summed E-state index contributed by atoms with van der Waals surface area (Å²) < 4.78 is 33.6. The van der Waals surface area contributed by atoms with Crippen LogP contribution in [0.3, 0.4) is 0 Å². The summed E-state index contributed by atoms with van der Waals surface area (Å²) in [5.74, 6) is -1.10. The Labute approximate surface area is 226 Å². The van der Waals surface area contributed by atoms with E-state index < -0.39 is 34.3 Å². The van der Waals surface area contributed by atoms with E-state index in [0.717, 1.165) is 0 Å². The Morgan fingerprint density at radius 3 is 2.38 bits per heavy atom. The number of carbonyl (C=O) groups is 2. The minimum absolute atomic E-state index is 0.0871. The highest BCUT2D eigenvalue weighted by Gasteiger charge is 2.29. The molecule has 39 heavy (non-hydrogen) atoms. The molecule has 2 amide bonds. The molecule has 5 N–H and O–H groups in total. The number of ether oxygens (including phenoxy) is 1. The molecule has 1 aliphatic heterocycles. The Bertz CT molecular complexity index is 1460. The molecule has 1 aliphatic rings. The number of amidine groups is 1. The van der Waals surface area contributed by atoms with Crippen LogP contribution in [0.1, 0.15) is 30.5 Å². The number of hydrogen-bond acceptors (Lipinski definition) is 8. The molecule has 0 spiro atoms. The van der Waals surface area contributed by atoms with Crippen LogP contribution in [-0.4, -0.2) is 66.6 Å². The highest BCUT2D eigenvalue weighted by atomic mass is 32.2. The lowest BCUT2D eigenvalue weighted by Crippen LogP contribution is -2.40. The van der Waals surface area contributed by atoms with Crippen LogP contribution in [0.4, 0.5) is 5.69 Å². The van der Waals surface area contributed by atoms with Crippen molar-refractivity contribution in [3.8, 4) is 11.1 Å². The monoisotopic (exact) mass is 551 g/mol. The smallest absolute Gasteiger partial charge is 0.243 e. The molecule has 1 atom stereocenters. The highest BCUT2D eigenvalue weighted by Crippen LogP contribution is 2.32. The first-order chi connectivity index (χ1) is 18.6. The number of hydrogen-bond donors (Lipinski definition) is 4. The van der Waals surface area contributed by atoms with Gasteiger partial charge < -0.3 is 21.1 Å². The molecule has 2 heterocycles. The zero-order valence-corrected chi connectivity index (χ0v) is 22.1. The lowest BCUT2D eigenvalue weighted by Gasteiger charge is -2.27. The van der Waals surface area contributed by atoms with E-state index in [1.807, 2.05) is 0 Å². The topological polar surface area (TPSA) is 180 Å².